The van der Waals surface area contributed by atoms with E-state index in [0.717, 1.165) is 36.4 Å². The summed E-state index contributed by atoms with van der Waals surface area (Å²) in [6, 6.07) is 5.94. The Bertz CT molecular complexity index is 666. The fraction of sp³-hybridized carbons (Fsp3) is 0.579. The molecule has 3 unspecified atom stereocenters. The number of carbonyl (C=O) groups excluding carboxylic acids is 2. The average molecular weight is 345 g/mol. The highest BCUT2D eigenvalue weighted by atomic mass is 16.5. The van der Waals surface area contributed by atoms with Gasteiger partial charge in [0.25, 0.3) is 0 Å². The fourth-order valence-corrected chi connectivity index (χ4v) is 4.01. The SMILES string of the molecule is CC(=O)N1c2ccc(NC(=O)CN3CC(C)OC(C)C3)cc2CC1C. The summed E-state index contributed by atoms with van der Waals surface area (Å²) in [6.45, 7) is 9.60. The van der Waals surface area contributed by atoms with Crippen LogP contribution >= 0.6 is 0 Å². The zero-order valence-corrected chi connectivity index (χ0v) is 15.4. The summed E-state index contributed by atoms with van der Waals surface area (Å²) >= 11 is 0. The molecule has 136 valence electrons. The van der Waals surface area contributed by atoms with Crippen LogP contribution in [0.4, 0.5) is 11.4 Å². The first-order chi connectivity index (χ1) is 11.8. The summed E-state index contributed by atoms with van der Waals surface area (Å²) in [5.74, 6) is 0.0364. The van der Waals surface area contributed by atoms with E-state index in [1.54, 1.807) is 6.92 Å². The van der Waals surface area contributed by atoms with E-state index < -0.39 is 0 Å². The lowest BCUT2D eigenvalue weighted by Crippen LogP contribution is -2.48. The highest BCUT2D eigenvalue weighted by Gasteiger charge is 2.29. The molecular weight excluding hydrogens is 318 g/mol. The second-order valence-electron chi connectivity index (χ2n) is 7.29. The van der Waals surface area contributed by atoms with Crippen molar-refractivity contribution < 1.29 is 14.3 Å². The molecule has 0 bridgehead atoms. The summed E-state index contributed by atoms with van der Waals surface area (Å²) in [6.07, 6.45) is 1.11. The molecule has 1 N–H and O–H groups in total. The molecule has 2 heterocycles. The number of hydrogen-bond donors (Lipinski definition) is 1. The summed E-state index contributed by atoms with van der Waals surface area (Å²) < 4.78 is 5.70. The quantitative estimate of drug-likeness (QED) is 0.911. The number of morpholine rings is 1. The first-order valence-electron chi connectivity index (χ1n) is 8.94. The molecule has 1 aromatic carbocycles. The minimum atomic E-state index is -0.0179. The molecule has 3 atom stereocenters. The van der Waals surface area contributed by atoms with E-state index in [1.165, 1.54) is 0 Å². The van der Waals surface area contributed by atoms with Gasteiger partial charge in [-0.15, -0.1) is 0 Å². The molecule has 2 aliphatic heterocycles. The van der Waals surface area contributed by atoms with Crippen molar-refractivity contribution in [1.82, 2.24) is 4.90 Å². The number of carbonyl (C=O) groups is 2. The van der Waals surface area contributed by atoms with Crippen LogP contribution in [0.1, 0.15) is 33.3 Å². The van der Waals surface area contributed by atoms with Gasteiger partial charge in [-0.05, 0) is 51.0 Å². The standard InChI is InChI=1S/C19H27N3O3/c1-12-7-16-8-17(5-6-18(16)22(12)15(4)23)20-19(24)11-21-9-13(2)25-14(3)10-21/h5-6,8,12-14H,7,9-11H2,1-4H3,(H,20,24). The highest BCUT2D eigenvalue weighted by molar-refractivity contribution is 5.96. The van der Waals surface area contributed by atoms with Gasteiger partial charge in [0.2, 0.25) is 11.8 Å². The van der Waals surface area contributed by atoms with Crippen molar-refractivity contribution in [3.63, 3.8) is 0 Å². The van der Waals surface area contributed by atoms with E-state index in [4.69, 9.17) is 4.74 Å². The van der Waals surface area contributed by atoms with Crippen LogP contribution in [0.15, 0.2) is 18.2 Å². The van der Waals surface area contributed by atoms with Crippen LogP contribution in [0.2, 0.25) is 0 Å². The Morgan fingerprint density at radius 3 is 2.52 bits per heavy atom. The molecular formula is C19H27N3O3. The maximum absolute atomic E-state index is 12.4. The van der Waals surface area contributed by atoms with Crippen LogP contribution in [-0.2, 0) is 20.7 Å². The van der Waals surface area contributed by atoms with E-state index in [-0.39, 0.29) is 30.1 Å². The van der Waals surface area contributed by atoms with E-state index >= 15 is 0 Å². The van der Waals surface area contributed by atoms with Crippen molar-refractivity contribution in [2.75, 3.05) is 29.9 Å². The van der Waals surface area contributed by atoms with Crippen LogP contribution in [0.3, 0.4) is 0 Å². The van der Waals surface area contributed by atoms with Crippen molar-refractivity contribution in [2.45, 2.75) is 52.4 Å². The summed E-state index contributed by atoms with van der Waals surface area (Å²) in [5, 5.41) is 2.98. The minimum Gasteiger partial charge on any atom is -0.373 e. The molecule has 25 heavy (non-hydrogen) atoms. The number of rotatable bonds is 3. The molecule has 6 heteroatoms. The Hall–Kier alpha value is -1.92. The third-order valence-electron chi connectivity index (χ3n) is 4.78. The van der Waals surface area contributed by atoms with Gasteiger partial charge < -0.3 is 15.0 Å². The predicted molar refractivity (Wildman–Crippen MR) is 97.8 cm³/mol. The third-order valence-corrected chi connectivity index (χ3v) is 4.78. The zero-order chi connectivity index (χ0) is 18.1. The van der Waals surface area contributed by atoms with Crippen LogP contribution in [-0.4, -0.2) is 54.6 Å². The lowest BCUT2D eigenvalue weighted by Gasteiger charge is -2.34. The van der Waals surface area contributed by atoms with Gasteiger partial charge in [-0.3, -0.25) is 14.5 Å². The smallest absolute Gasteiger partial charge is 0.238 e. The molecule has 0 radical (unpaired) electrons. The van der Waals surface area contributed by atoms with E-state index in [9.17, 15) is 9.59 Å². The van der Waals surface area contributed by atoms with Crippen molar-refractivity contribution in [2.24, 2.45) is 0 Å². The molecule has 0 aromatic heterocycles. The van der Waals surface area contributed by atoms with Gasteiger partial charge in [0.1, 0.15) is 0 Å². The first-order valence-corrected chi connectivity index (χ1v) is 8.94. The molecule has 0 aliphatic carbocycles. The first kappa shape index (κ1) is 17.9. The Morgan fingerprint density at radius 1 is 1.20 bits per heavy atom. The van der Waals surface area contributed by atoms with Crippen LogP contribution in [0.5, 0.6) is 0 Å². The zero-order valence-electron chi connectivity index (χ0n) is 15.4. The predicted octanol–water partition coefficient (Wildman–Crippen LogP) is 2.03. The lowest BCUT2D eigenvalue weighted by atomic mass is 10.1. The number of amides is 2. The van der Waals surface area contributed by atoms with Gasteiger partial charge in [-0.2, -0.15) is 0 Å². The van der Waals surface area contributed by atoms with Crippen molar-refractivity contribution in [1.29, 1.82) is 0 Å². The molecule has 1 saturated heterocycles. The Balaban J connectivity index is 1.63. The van der Waals surface area contributed by atoms with Crippen LogP contribution in [0.25, 0.3) is 0 Å². The molecule has 2 amide bonds. The highest BCUT2D eigenvalue weighted by Crippen LogP contribution is 2.34. The number of ether oxygens (including phenoxy) is 1. The summed E-state index contributed by atoms with van der Waals surface area (Å²) in [5.41, 5.74) is 2.85. The summed E-state index contributed by atoms with van der Waals surface area (Å²) in [7, 11) is 0. The van der Waals surface area contributed by atoms with E-state index in [2.05, 4.69) is 10.2 Å². The fourth-order valence-electron chi connectivity index (χ4n) is 4.01. The number of benzene rings is 1. The normalized spacial score (nSPS) is 26.4. The molecule has 1 aromatic rings. The van der Waals surface area contributed by atoms with Crippen LogP contribution in [0, 0.1) is 0 Å². The topological polar surface area (TPSA) is 61.9 Å². The Kier molecular flexibility index (Phi) is 5.11. The van der Waals surface area contributed by atoms with Gasteiger partial charge in [-0.1, -0.05) is 0 Å². The lowest BCUT2D eigenvalue weighted by molar-refractivity contribution is -0.121. The Labute approximate surface area is 149 Å². The van der Waals surface area contributed by atoms with Crippen molar-refractivity contribution in [3.05, 3.63) is 23.8 Å². The van der Waals surface area contributed by atoms with Gasteiger partial charge in [0, 0.05) is 37.4 Å². The van der Waals surface area contributed by atoms with Gasteiger partial charge >= 0.3 is 0 Å². The third kappa shape index (κ3) is 4.02. The van der Waals surface area contributed by atoms with Gasteiger partial charge in [-0.25, -0.2) is 0 Å². The second-order valence-corrected chi connectivity index (χ2v) is 7.29. The van der Waals surface area contributed by atoms with E-state index in [0.29, 0.717) is 6.54 Å². The number of nitrogens with one attached hydrogen (secondary N) is 1. The molecule has 0 spiro atoms. The van der Waals surface area contributed by atoms with Crippen molar-refractivity contribution >= 4 is 23.2 Å². The molecule has 1 fully saturated rings. The molecule has 2 aliphatic rings. The maximum atomic E-state index is 12.4. The monoisotopic (exact) mass is 345 g/mol. The van der Waals surface area contributed by atoms with Crippen molar-refractivity contribution in [3.8, 4) is 0 Å². The van der Waals surface area contributed by atoms with Crippen LogP contribution < -0.4 is 10.2 Å². The Morgan fingerprint density at radius 2 is 1.88 bits per heavy atom. The van der Waals surface area contributed by atoms with E-state index in [1.807, 2.05) is 43.9 Å². The second kappa shape index (κ2) is 7.14. The molecule has 0 saturated carbocycles. The number of fused-ring (bicyclic) bond motifs is 1. The average Bonchev–Trinajstić information content (AvgIpc) is 2.80. The molecule has 3 rings (SSSR count). The number of nitrogens with zero attached hydrogens (tertiary/aromatic N) is 2. The minimum absolute atomic E-state index is 0.0179. The van der Waals surface area contributed by atoms with Gasteiger partial charge in [0.15, 0.2) is 0 Å². The molecule has 6 nitrogen and oxygen atoms in total. The summed E-state index contributed by atoms with van der Waals surface area (Å²) in [4.78, 5) is 28.1. The van der Waals surface area contributed by atoms with Gasteiger partial charge in [0.05, 0.1) is 18.8 Å². The number of anilines is 2. The maximum Gasteiger partial charge on any atom is 0.238 e. The largest absolute Gasteiger partial charge is 0.373 e. The number of hydrogen-bond acceptors (Lipinski definition) is 4.